The Morgan fingerprint density at radius 3 is 1.42 bits per heavy atom. The van der Waals surface area contributed by atoms with E-state index >= 15 is 0 Å². The van der Waals surface area contributed by atoms with Crippen LogP contribution in [-0.4, -0.2) is 37.2 Å². The van der Waals surface area contributed by atoms with Gasteiger partial charge < -0.3 is 14.2 Å². The first-order valence-corrected chi connectivity index (χ1v) is 21.1. The average Bonchev–Trinajstić information content (AvgIpc) is 3.15. The van der Waals surface area contributed by atoms with Gasteiger partial charge in [0.25, 0.3) is 0 Å². The molecule has 0 aromatic heterocycles. The number of rotatable bonds is 36. The second kappa shape index (κ2) is 41.3. The minimum atomic E-state index is -0.805. The van der Waals surface area contributed by atoms with Crippen LogP contribution in [0, 0.1) is 0 Å². The topological polar surface area (TPSA) is 78.9 Å². The van der Waals surface area contributed by atoms with Gasteiger partial charge in [-0.05, 0) is 83.5 Å². The van der Waals surface area contributed by atoms with E-state index in [9.17, 15) is 14.4 Å². The highest BCUT2D eigenvalue weighted by Crippen LogP contribution is 2.12. The molecule has 0 saturated carbocycles. The van der Waals surface area contributed by atoms with Gasteiger partial charge >= 0.3 is 17.9 Å². The molecule has 0 bridgehead atoms. The summed E-state index contributed by atoms with van der Waals surface area (Å²) < 4.78 is 16.6. The lowest BCUT2D eigenvalue weighted by atomic mass is 10.1. The van der Waals surface area contributed by atoms with Crippen molar-refractivity contribution in [2.75, 3.05) is 13.2 Å². The standard InChI is InChI=1S/C47H76O6/c1-4-7-10-13-16-19-21-22-23-24-26-28-31-34-37-40-46(49)52-43-44(42-51-45(48)39-36-33-30-27-18-15-12-9-6-3)53-47(50)41-38-35-32-29-25-20-17-14-11-8-5-2/h7,9-10,12-14,16-21,25,27,44H,4-6,8,11,15,22-24,26,28-43H2,1-3H3/b10-7-,12-9-,16-13-,17-14-,21-19-,25-20-,27-18-. The predicted molar refractivity (Wildman–Crippen MR) is 224 cm³/mol. The van der Waals surface area contributed by atoms with Gasteiger partial charge in [-0.2, -0.15) is 0 Å². The van der Waals surface area contributed by atoms with E-state index in [2.05, 4.69) is 106 Å². The molecule has 6 heteroatoms. The van der Waals surface area contributed by atoms with Crippen LogP contribution in [0.15, 0.2) is 85.1 Å². The smallest absolute Gasteiger partial charge is 0.306 e. The second-order valence-electron chi connectivity index (χ2n) is 13.6. The van der Waals surface area contributed by atoms with Gasteiger partial charge in [-0.1, -0.05) is 157 Å². The molecule has 0 aromatic carbocycles. The summed E-state index contributed by atoms with van der Waals surface area (Å²) in [5, 5.41) is 0. The number of hydrogen-bond acceptors (Lipinski definition) is 6. The van der Waals surface area contributed by atoms with Crippen molar-refractivity contribution >= 4 is 17.9 Å². The fourth-order valence-corrected chi connectivity index (χ4v) is 5.28. The van der Waals surface area contributed by atoms with E-state index in [0.29, 0.717) is 12.8 Å². The average molecular weight is 737 g/mol. The normalized spacial score (nSPS) is 12.9. The van der Waals surface area contributed by atoms with Gasteiger partial charge in [0.05, 0.1) is 0 Å². The lowest BCUT2D eigenvalue weighted by Crippen LogP contribution is -2.30. The number of ether oxygens (including phenoxy) is 3. The van der Waals surface area contributed by atoms with E-state index < -0.39 is 6.10 Å². The SMILES string of the molecule is CC\C=C/C=C\C=C/CCCCCCCCCC(=O)OCC(COC(=O)CCCC/C=C\C/C=C\CC)OC(=O)CCCCC/C=C\C=C/CCCC. The van der Waals surface area contributed by atoms with Gasteiger partial charge in [0, 0.05) is 19.3 Å². The van der Waals surface area contributed by atoms with Crippen LogP contribution in [-0.2, 0) is 28.6 Å². The lowest BCUT2D eigenvalue weighted by molar-refractivity contribution is -0.167. The first kappa shape index (κ1) is 49.6. The van der Waals surface area contributed by atoms with Crippen LogP contribution in [0.4, 0.5) is 0 Å². The molecule has 0 heterocycles. The maximum Gasteiger partial charge on any atom is 0.306 e. The third-order valence-electron chi connectivity index (χ3n) is 8.45. The molecule has 0 rings (SSSR count). The molecule has 0 fully saturated rings. The summed E-state index contributed by atoms with van der Waals surface area (Å²) in [4.78, 5) is 37.5. The Balaban J connectivity index is 4.45. The van der Waals surface area contributed by atoms with E-state index in [1.54, 1.807) is 0 Å². The van der Waals surface area contributed by atoms with E-state index in [4.69, 9.17) is 14.2 Å². The van der Waals surface area contributed by atoms with Gasteiger partial charge in [-0.3, -0.25) is 14.4 Å². The zero-order valence-electron chi connectivity index (χ0n) is 34.0. The fraction of sp³-hybridized carbons (Fsp3) is 0.638. The number of esters is 3. The summed E-state index contributed by atoms with van der Waals surface area (Å²) in [5.74, 6) is -0.996. The van der Waals surface area contributed by atoms with Crippen LogP contribution in [0.1, 0.15) is 175 Å². The predicted octanol–water partition coefficient (Wildman–Crippen LogP) is 13.3. The highest BCUT2D eigenvalue weighted by Gasteiger charge is 2.19. The molecular weight excluding hydrogens is 661 g/mol. The van der Waals surface area contributed by atoms with Crippen molar-refractivity contribution in [2.24, 2.45) is 0 Å². The second-order valence-corrected chi connectivity index (χ2v) is 13.6. The first-order chi connectivity index (χ1) is 26.0. The highest BCUT2D eigenvalue weighted by molar-refractivity contribution is 5.71. The third kappa shape index (κ3) is 39.6. The van der Waals surface area contributed by atoms with E-state index in [0.717, 1.165) is 96.3 Å². The number of unbranched alkanes of at least 4 members (excludes halogenated alkanes) is 14. The Morgan fingerprint density at radius 2 is 0.830 bits per heavy atom. The molecule has 0 saturated heterocycles. The van der Waals surface area contributed by atoms with E-state index in [1.165, 1.54) is 38.5 Å². The maximum atomic E-state index is 12.6. The molecule has 0 aliphatic carbocycles. The summed E-state index contributed by atoms with van der Waals surface area (Å²) in [6.07, 6.45) is 51.5. The van der Waals surface area contributed by atoms with Crippen molar-refractivity contribution in [3.05, 3.63) is 85.1 Å². The Morgan fingerprint density at radius 1 is 0.415 bits per heavy atom. The van der Waals surface area contributed by atoms with Crippen LogP contribution >= 0.6 is 0 Å². The molecule has 0 spiro atoms. The number of carbonyl (C=O) groups excluding carboxylic acids is 3. The molecule has 1 unspecified atom stereocenters. The molecule has 1 atom stereocenters. The first-order valence-electron chi connectivity index (χ1n) is 21.1. The van der Waals surface area contributed by atoms with Crippen LogP contribution in [0.5, 0.6) is 0 Å². The Kier molecular flexibility index (Phi) is 38.7. The number of hydrogen-bond donors (Lipinski definition) is 0. The maximum absolute atomic E-state index is 12.6. The van der Waals surface area contributed by atoms with Gasteiger partial charge in [-0.25, -0.2) is 0 Å². The summed E-state index contributed by atoms with van der Waals surface area (Å²) in [7, 11) is 0. The van der Waals surface area contributed by atoms with Crippen LogP contribution in [0.3, 0.4) is 0 Å². The zero-order valence-corrected chi connectivity index (χ0v) is 34.0. The summed E-state index contributed by atoms with van der Waals surface area (Å²) in [6, 6.07) is 0. The number of carbonyl (C=O) groups is 3. The van der Waals surface area contributed by atoms with Gasteiger partial charge in [0.1, 0.15) is 13.2 Å². The molecule has 0 aliphatic rings. The monoisotopic (exact) mass is 737 g/mol. The summed E-state index contributed by atoms with van der Waals surface area (Å²) >= 11 is 0. The van der Waals surface area contributed by atoms with Gasteiger partial charge in [0.2, 0.25) is 0 Å². The molecular formula is C47H76O6. The van der Waals surface area contributed by atoms with Crippen LogP contribution < -0.4 is 0 Å². The molecule has 0 amide bonds. The van der Waals surface area contributed by atoms with Crippen molar-refractivity contribution in [1.29, 1.82) is 0 Å². The van der Waals surface area contributed by atoms with Crippen molar-refractivity contribution in [2.45, 2.75) is 181 Å². The van der Waals surface area contributed by atoms with Gasteiger partial charge in [-0.15, -0.1) is 0 Å². The van der Waals surface area contributed by atoms with E-state index in [-0.39, 0.29) is 37.5 Å². The Bertz CT molecular complexity index is 1080. The Hall–Kier alpha value is -3.41. The summed E-state index contributed by atoms with van der Waals surface area (Å²) in [6.45, 7) is 6.23. The van der Waals surface area contributed by atoms with Crippen LogP contribution in [0.25, 0.3) is 0 Å². The fourth-order valence-electron chi connectivity index (χ4n) is 5.28. The lowest BCUT2D eigenvalue weighted by Gasteiger charge is -2.18. The molecule has 0 aliphatic heterocycles. The zero-order chi connectivity index (χ0) is 38.7. The van der Waals surface area contributed by atoms with Crippen molar-refractivity contribution in [3.63, 3.8) is 0 Å². The third-order valence-corrected chi connectivity index (χ3v) is 8.45. The molecule has 0 aromatic rings. The quantitative estimate of drug-likeness (QED) is 0.0209. The molecule has 6 nitrogen and oxygen atoms in total. The summed E-state index contributed by atoms with van der Waals surface area (Å²) in [5.41, 5.74) is 0. The molecule has 0 N–H and O–H groups in total. The van der Waals surface area contributed by atoms with Crippen molar-refractivity contribution in [3.8, 4) is 0 Å². The molecule has 53 heavy (non-hydrogen) atoms. The van der Waals surface area contributed by atoms with Gasteiger partial charge in [0.15, 0.2) is 6.10 Å². The van der Waals surface area contributed by atoms with Crippen LogP contribution in [0.2, 0.25) is 0 Å². The number of allylic oxidation sites excluding steroid dienone is 14. The molecule has 300 valence electrons. The van der Waals surface area contributed by atoms with Crippen molar-refractivity contribution in [1.82, 2.24) is 0 Å². The van der Waals surface area contributed by atoms with Crippen molar-refractivity contribution < 1.29 is 28.6 Å². The minimum absolute atomic E-state index is 0.106. The van der Waals surface area contributed by atoms with E-state index in [1.807, 2.05) is 0 Å². The highest BCUT2D eigenvalue weighted by atomic mass is 16.6. The Labute approximate surface area is 325 Å². The largest absolute Gasteiger partial charge is 0.462 e. The minimum Gasteiger partial charge on any atom is -0.462 e. The molecule has 0 radical (unpaired) electrons.